The van der Waals surface area contributed by atoms with Gasteiger partial charge in [0.1, 0.15) is 12.3 Å². The molecule has 0 aromatic heterocycles. The lowest BCUT2D eigenvalue weighted by Gasteiger charge is -2.26. The van der Waals surface area contributed by atoms with Gasteiger partial charge in [-0.15, -0.1) is 0 Å². The first-order valence-corrected chi connectivity index (χ1v) is 7.65. The van der Waals surface area contributed by atoms with E-state index in [0.29, 0.717) is 0 Å². The fourth-order valence-corrected chi connectivity index (χ4v) is 3.29. The Labute approximate surface area is 118 Å². The van der Waals surface area contributed by atoms with Crippen molar-refractivity contribution < 1.29 is 10.1 Å². The molecule has 2 rings (SSSR count). The quantitative estimate of drug-likeness (QED) is 0.908. The summed E-state index contributed by atoms with van der Waals surface area (Å²) >= 11 is 3.53. The van der Waals surface area contributed by atoms with E-state index < -0.39 is 0 Å². The molecular formula is C15H23BrNO+. The summed E-state index contributed by atoms with van der Waals surface area (Å²) in [4.78, 5) is 0. The first kappa shape index (κ1) is 13.9. The summed E-state index contributed by atoms with van der Waals surface area (Å²) in [6.07, 6.45) is 5.54. The molecule has 0 spiro atoms. The van der Waals surface area contributed by atoms with Crippen molar-refractivity contribution in [3.63, 3.8) is 0 Å². The first-order chi connectivity index (χ1) is 8.70. The second-order valence-electron chi connectivity index (χ2n) is 5.32. The zero-order chi connectivity index (χ0) is 13.0. The van der Waals surface area contributed by atoms with Crippen LogP contribution in [0.2, 0.25) is 0 Å². The lowest BCUT2D eigenvalue weighted by Crippen LogP contribution is -2.90. The van der Waals surface area contributed by atoms with E-state index in [0.717, 1.165) is 28.7 Å². The number of hydrogen-bond acceptors (Lipinski definition) is 1. The summed E-state index contributed by atoms with van der Waals surface area (Å²) in [5.41, 5.74) is 1.28. The van der Waals surface area contributed by atoms with Crippen molar-refractivity contribution in [2.45, 2.75) is 45.2 Å². The van der Waals surface area contributed by atoms with Crippen molar-refractivity contribution in [1.82, 2.24) is 0 Å². The number of rotatable bonds is 4. The van der Waals surface area contributed by atoms with Crippen molar-refractivity contribution in [3.8, 4) is 5.75 Å². The van der Waals surface area contributed by atoms with Crippen LogP contribution in [-0.2, 0) is 6.54 Å². The zero-order valence-corrected chi connectivity index (χ0v) is 12.9. The standard InChI is InChI=1S/C15H22BrNO/c1-11-5-3-4-6-14(11)17-10-12-9-13(16)7-8-15(12)18-2/h7-9,11,14,17H,3-6,10H2,1-2H3/p+1/t11-,14+/m1/s1. The highest BCUT2D eigenvalue weighted by Crippen LogP contribution is 2.24. The van der Waals surface area contributed by atoms with Gasteiger partial charge in [-0.25, -0.2) is 0 Å². The Bertz CT molecular complexity index is 394. The molecule has 0 radical (unpaired) electrons. The van der Waals surface area contributed by atoms with Gasteiger partial charge in [-0.2, -0.15) is 0 Å². The molecule has 1 aromatic carbocycles. The fourth-order valence-electron chi connectivity index (χ4n) is 2.88. The van der Waals surface area contributed by atoms with Crippen LogP contribution in [0.4, 0.5) is 0 Å². The van der Waals surface area contributed by atoms with Crippen LogP contribution in [0.1, 0.15) is 38.2 Å². The maximum Gasteiger partial charge on any atom is 0.127 e. The summed E-state index contributed by atoms with van der Waals surface area (Å²) in [6.45, 7) is 3.40. The Balaban J connectivity index is 1.98. The highest BCUT2D eigenvalue weighted by Gasteiger charge is 2.24. The number of benzene rings is 1. The highest BCUT2D eigenvalue weighted by atomic mass is 79.9. The molecule has 1 aromatic rings. The SMILES string of the molecule is COc1ccc(Br)cc1C[NH2+][C@H]1CCCC[C@H]1C. The molecule has 1 aliphatic carbocycles. The Morgan fingerprint density at radius 3 is 2.83 bits per heavy atom. The van der Waals surface area contributed by atoms with E-state index in [1.807, 2.05) is 12.1 Å². The third-order valence-corrected chi connectivity index (χ3v) is 4.55. The van der Waals surface area contributed by atoms with E-state index in [-0.39, 0.29) is 0 Å². The molecular weight excluding hydrogens is 290 g/mol. The minimum Gasteiger partial charge on any atom is -0.496 e. The van der Waals surface area contributed by atoms with Gasteiger partial charge in [0.25, 0.3) is 0 Å². The summed E-state index contributed by atoms with van der Waals surface area (Å²) in [5.74, 6) is 1.84. The molecule has 1 aliphatic rings. The largest absolute Gasteiger partial charge is 0.496 e. The van der Waals surface area contributed by atoms with E-state index in [2.05, 4.69) is 34.2 Å². The topological polar surface area (TPSA) is 25.8 Å². The predicted molar refractivity (Wildman–Crippen MR) is 77.7 cm³/mol. The van der Waals surface area contributed by atoms with Gasteiger partial charge in [-0.3, -0.25) is 0 Å². The van der Waals surface area contributed by atoms with Crippen LogP contribution in [0.25, 0.3) is 0 Å². The highest BCUT2D eigenvalue weighted by molar-refractivity contribution is 9.10. The monoisotopic (exact) mass is 312 g/mol. The summed E-state index contributed by atoms with van der Waals surface area (Å²) in [5, 5.41) is 2.49. The van der Waals surface area contributed by atoms with Crippen LogP contribution in [0.3, 0.4) is 0 Å². The Morgan fingerprint density at radius 2 is 2.11 bits per heavy atom. The molecule has 0 bridgehead atoms. The molecule has 2 atom stereocenters. The Kier molecular flexibility index (Phi) is 5.07. The van der Waals surface area contributed by atoms with E-state index in [1.165, 1.54) is 31.2 Å². The fraction of sp³-hybridized carbons (Fsp3) is 0.600. The molecule has 2 N–H and O–H groups in total. The van der Waals surface area contributed by atoms with Crippen LogP contribution < -0.4 is 10.1 Å². The van der Waals surface area contributed by atoms with Crippen molar-refractivity contribution in [1.29, 1.82) is 0 Å². The zero-order valence-electron chi connectivity index (χ0n) is 11.3. The maximum absolute atomic E-state index is 5.43. The van der Waals surface area contributed by atoms with Crippen molar-refractivity contribution in [2.24, 2.45) is 5.92 Å². The number of quaternary nitrogens is 1. The molecule has 0 aliphatic heterocycles. The smallest absolute Gasteiger partial charge is 0.127 e. The van der Waals surface area contributed by atoms with Gasteiger partial charge in [0, 0.05) is 16.0 Å². The summed E-state index contributed by atoms with van der Waals surface area (Å²) in [6, 6.07) is 7.02. The number of hydrogen-bond donors (Lipinski definition) is 1. The first-order valence-electron chi connectivity index (χ1n) is 6.86. The molecule has 0 unspecified atom stereocenters. The van der Waals surface area contributed by atoms with E-state index >= 15 is 0 Å². The average Bonchev–Trinajstić information content (AvgIpc) is 2.38. The second-order valence-corrected chi connectivity index (χ2v) is 6.24. The average molecular weight is 313 g/mol. The predicted octanol–water partition coefficient (Wildman–Crippen LogP) is 3.10. The number of halogens is 1. The molecule has 0 saturated heterocycles. The maximum atomic E-state index is 5.43. The van der Waals surface area contributed by atoms with Gasteiger partial charge in [-0.05, 0) is 37.5 Å². The van der Waals surface area contributed by atoms with Crippen LogP contribution in [0, 0.1) is 5.92 Å². The van der Waals surface area contributed by atoms with Crippen molar-refractivity contribution in [3.05, 3.63) is 28.2 Å². The van der Waals surface area contributed by atoms with Crippen molar-refractivity contribution in [2.75, 3.05) is 7.11 Å². The van der Waals surface area contributed by atoms with Crippen LogP contribution in [-0.4, -0.2) is 13.2 Å². The van der Waals surface area contributed by atoms with Gasteiger partial charge in [0.2, 0.25) is 0 Å². The number of ether oxygens (including phenoxy) is 1. The van der Waals surface area contributed by atoms with Gasteiger partial charge in [0.05, 0.1) is 13.2 Å². The second kappa shape index (κ2) is 6.58. The van der Waals surface area contributed by atoms with Gasteiger partial charge in [-0.1, -0.05) is 29.3 Å². The molecule has 0 heterocycles. The summed E-state index contributed by atoms with van der Waals surface area (Å²) in [7, 11) is 1.75. The van der Waals surface area contributed by atoms with Gasteiger partial charge in [0.15, 0.2) is 0 Å². The lowest BCUT2D eigenvalue weighted by molar-refractivity contribution is -0.712. The molecule has 1 fully saturated rings. The molecule has 0 amide bonds. The number of methoxy groups -OCH3 is 1. The molecule has 100 valence electrons. The van der Waals surface area contributed by atoms with E-state index in [1.54, 1.807) is 7.11 Å². The summed E-state index contributed by atoms with van der Waals surface area (Å²) < 4.78 is 6.55. The molecule has 18 heavy (non-hydrogen) atoms. The Morgan fingerprint density at radius 1 is 1.33 bits per heavy atom. The molecule has 3 heteroatoms. The molecule has 1 saturated carbocycles. The lowest BCUT2D eigenvalue weighted by atomic mass is 9.86. The van der Waals surface area contributed by atoms with Crippen LogP contribution >= 0.6 is 15.9 Å². The molecule has 2 nitrogen and oxygen atoms in total. The third kappa shape index (κ3) is 3.48. The van der Waals surface area contributed by atoms with E-state index in [4.69, 9.17) is 4.74 Å². The van der Waals surface area contributed by atoms with Gasteiger partial charge < -0.3 is 10.1 Å². The van der Waals surface area contributed by atoms with Crippen LogP contribution in [0.15, 0.2) is 22.7 Å². The Hall–Kier alpha value is -0.540. The van der Waals surface area contributed by atoms with Gasteiger partial charge >= 0.3 is 0 Å². The van der Waals surface area contributed by atoms with E-state index in [9.17, 15) is 0 Å². The van der Waals surface area contributed by atoms with Crippen molar-refractivity contribution >= 4 is 15.9 Å². The number of nitrogens with two attached hydrogens (primary N) is 1. The third-order valence-electron chi connectivity index (χ3n) is 4.06. The minimum atomic E-state index is 0.780. The normalized spacial score (nSPS) is 23.9. The minimum absolute atomic E-state index is 0.780. The van der Waals surface area contributed by atoms with Crippen LogP contribution in [0.5, 0.6) is 5.75 Å².